The van der Waals surface area contributed by atoms with Crippen LogP contribution < -0.4 is 5.73 Å². The molecule has 1 aliphatic carbocycles. The summed E-state index contributed by atoms with van der Waals surface area (Å²) in [5.74, 6) is -1.06. The van der Waals surface area contributed by atoms with E-state index >= 15 is 0 Å². The Morgan fingerprint density at radius 3 is 2.62 bits per heavy atom. The number of carboxylic acids is 1. The molecule has 0 aromatic heterocycles. The van der Waals surface area contributed by atoms with Gasteiger partial charge in [0.05, 0.1) is 12.5 Å². The zero-order valence-corrected chi connectivity index (χ0v) is 9.26. The molecule has 0 bridgehead atoms. The van der Waals surface area contributed by atoms with Crippen LogP contribution in [0.15, 0.2) is 12.7 Å². The van der Waals surface area contributed by atoms with E-state index in [-0.39, 0.29) is 24.9 Å². The van der Waals surface area contributed by atoms with Gasteiger partial charge in [-0.25, -0.2) is 0 Å². The van der Waals surface area contributed by atoms with Gasteiger partial charge in [-0.3, -0.25) is 9.59 Å². The predicted molar refractivity (Wildman–Crippen MR) is 59.8 cm³/mol. The van der Waals surface area contributed by atoms with Crippen LogP contribution >= 0.6 is 0 Å². The average Bonchev–Trinajstić information content (AvgIpc) is 3.01. The van der Waals surface area contributed by atoms with Crippen molar-refractivity contribution in [3.8, 4) is 0 Å². The maximum Gasteiger partial charge on any atom is 0.305 e. The molecule has 0 saturated heterocycles. The Labute approximate surface area is 94.9 Å². The van der Waals surface area contributed by atoms with Gasteiger partial charge in [-0.1, -0.05) is 6.08 Å². The van der Waals surface area contributed by atoms with E-state index < -0.39 is 12.0 Å². The van der Waals surface area contributed by atoms with E-state index in [0.29, 0.717) is 6.42 Å². The van der Waals surface area contributed by atoms with Gasteiger partial charge in [0.1, 0.15) is 0 Å². The molecule has 5 heteroatoms. The monoisotopic (exact) mass is 226 g/mol. The minimum atomic E-state index is -0.893. The standard InChI is InChI=1S/C11H18N2O3/c1-2-3-9(12)11(16)13(8-4-5-8)7-6-10(14)15/h2,8-9H,1,3-7,12H2,(H,14,15). The van der Waals surface area contributed by atoms with Gasteiger partial charge in [-0.2, -0.15) is 0 Å². The topological polar surface area (TPSA) is 83.6 Å². The number of carbonyl (C=O) groups is 2. The molecule has 0 aromatic rings. The molecule has 1 amide bonds. The van der Waals surface area contributed by atoms with Crippen LogP contribution in [-0.2, 0) is 9.59 Å². The lowest BCUT2D eigenvalue weighted by Gasteiger charge is -2.24. The fourth-order valence-corrected chi connectivity index (χ4v) is 1.57. The predicted octanol–water partition coefficient (Wildman–Crippen LogP) is 0.356. The SMILES string of the molecule is C=CCC(N)C(=O)N(CCC(=O)O)C1CC1. The smallest absolute Gasteiger partial charge is 0.305 e. The molecule has 1 rings (SSSR count). The number of amides is 1. The van der Waals surface area contributed by atoms with Crippen LogP contribution in [0.2, 0.25) is 0 Å². The number of nitrogens with two attached hydrogens (primary N) is 1. The summed E-state index contributed by atoms with van der Waals surface area (Å²) >= 11 is 0. The van der Waals surface area contributed by atoms with Gasteiger partial charge >= 0.3 is 5.97 Å². The molecule has 0 aromatic carbocycles. The van der Waals surface area contributed by atoms with Crippen molar-refractivity contribution in [2.45, 2.75) is 37.8 Å². The van der Waals surface area contributed by atoms with Crippen molar-refractivity contribution in [3.05, 3.63) is 12.7 Å². The zero-order valence-electron chi connectivity index (χ0n) is 9.26. The Hall–Kier alpha value is -1.36. The third-order valence-corrected chi connectivity index (χ3v) is 2.58. The molecule has 1 saturated carbocycles. The fourth-order valence-electron chi connectivity index (χ4n) is 1.57. The van der Waals surface area contributed by atoms with Crippen molar-refractivity contribution in [3.63, 3.8) is 0 Å². The minimum absolute atomic E-state index is 0.0248. The highest BCUT2D eigenvalue weighted by molar-refractivity contribution is 5.82. The van der Waals surface area contributed by atoms with E-state index in [9.17, 15) is 9.59 Å². The quantitative estimate of drug-likeness (QED) is 0.614. The van der Waals surface area contributed by atoms with Gasteiger partial charge in [0.15, 0.2) is 0 Å². The molecular weight excluding hydrogens is 208 g/mol. The molecule has 90 valence electrons. The lowest BCUT2D eigenvalue weighted by Crippen LogP contribution is -2.45. The number of aliphatic carboxylic acids is 1. The van der Waals surface area contributed by atoms with Crippen LogP contribution in [0.3, 0.4) is 0 Å². The van der Waals surface area contributed by atoms with E-state index in [0.717, 1.165) is 12.8 Å². The van der Waals surface area contributed by atoms with E-state index in [1.807, 2.05) is 0 Å². The van der Waals surface area contributed by atoms with Gasteiger partial charge in [-0.05, 0) is 19.3 Å². The van der Waals surface area contributed by atoms with E-state index in [1.165, 1.54) is 0 Å². The van der Waals surface area contributed by atoms with Gasteiger partial charge in [0.25, 0.3) is 0 Å². The second kappa shape index (κ2) is 5.65. The van der Waals surface area contributed by atoms with Gasteiger partial charge < -0.3 is 15.7 Å². The largest absolute Gasteiger partial charge is 0.481 e. The first-order valence-electron chi connectivity index (χ1n) is 5.45. The number of hydrogen-bond donors (Lipinski definition) is 2. The van der Waals surface area contributed by atoms with Crippen LogP contribution in [-0.4, -0.2) is 40.5 Å². The highest BCUT2D eigenvalue weighted by Crippen LogP contribution is 2.27. The first kappa shape index (κ1) is 12.7. The Bertz CT molecular complexity index is 287. The third-order valence-electron chi connectivity index (χ3n) is 2.58. The molecule has 0 radical (unpaired) electrons. The zero-order chi connectivity index (χ0) is 12.1. The van der Waals surface area contributed by atoms with E-state index in [2.05, 4.69) is 6.58 Å². The Kier molecular flexibility index (Phi) is 4.49. The third kappa shape index (κ3) is 3.66. The van der Waals surface area contributed by atoms with Crippen molar-refractivity contribution in [1.29, 1.82) is 0 Å². The van der Waals surface area contributed by atoms with Gasteiger partial charge in [0.2, 0.25) is 5.91 Å². The second-order valence-electron chi connectivity index (χ2n) is 4.04. The van der Waals surface area contributed by atoms with Crippen LogP contribution in [0.1, 0.15) is 25.7 Å². The molecule has 1 unspecified atom stereocenters. The van der Waals surface area contributed by atoms with Gasteiger partial charge in [0, 0.05) is 12.6 Å². The first-order valence-corrected chi connectivity index (χ1v) is 5.45. The first-order chi connectivity index (χ1) is 7.56. The number of hydrogen-bond acceptors (Lipinski definition) is 3. The number of nitrogens with zero attached hydrogens (tertiary/aromatic N) is 1. The van der Waals surface area contributed by atoms with Crippen molar-refractivity contribution in [2.75, 3.05) is 6.54 Å². The van der Waals surface area contributed by atoms with Crippen molar-refractivity contribution < 1.29 is 14.7 Å². The van der Waals surface area contributed by atoms with E-state index in [4.69, 9.17) is 10.8 Å². The Balaban J connectivity index is 2.51. The summed E-state index contributed by atoms with van der Waals surface area (Å²) in [6.45, 7) is 3.79. The highest BCUT2D eigenvalue weighted by atomic mass is 16.4. The average molecular weight is 226 g/mol. The minimum Gasteiger partial charge on any atom is -0.481 e. The summed E-state index contributed by atoms with van der Waals surface area (Å²) in [6, 6.07) is -0.394. The van der Waals surface area contributed by atoms with Crippen molar-refractivity contribution >= 4 is 11.9 Å². The molecule has 1 fully saturated rings. The molecule has 3 N–H and O–H groups in total. The summed E-state index contributed by atoms with van der Waals surface area (Å²) in [5, 5.41) is 8.60. The maximum atomic E-state index is 11.9. The lowest BCUT2D eigenvalue weighted by atomic mass is 10.2. The second-order valence-corrected chi connectivity index (χ2v) is 4.04. The molecule has 5 nitrogen and oxygen atoms in total. The molecule has 1 atom stereocenters. The summed E-state index contributed by atoms with van der Waals surface area (Å²) < 4.78 is 0. The van der Waals surface area contributed by atoms with Crippen molar-refractivity contribution in [1.82, 2.24) is 4.90 Å². The highest BCUT2D eigenvalue weighted by Gasteiger charge is 2.34. The van der Waals surface area contributed by atoms with Crippen LogP contribution in [0.4, 0.5) is 0 Å². The van der Waals surface area contributed by atoms with Crippen LogP contribution in [0, 0.1) is 0 Å². The summed E-state index contributed by atoms with van der Waals surface area (Å²) in [7, 11) is 0. The Morgan fingerprint density at radius 1 is 1.56 bits per heavy atom. The van der Waals surface area contributed by atoms with Crippen LogP contribution in [0.5, 0.6) is 0 Å². The molecule has 0 aliphatic heterocycles. The fraction of sp³-hybridized carbons (Fsp3) is 0.636. The molecule has 0 heterocycles. The lowest BCUT2D eigenvalue weighted by molar-refractivity contribution is -0.139. The molecule has 1 aliphatic rings. The number of rotatable bonds is 7. The van der Waals surface area contributed by atoms with Gasteiger partial charge in [-0.15, -0.1) is 6.58 Å². The summed E-state index contributed by atoms with van der Waals surface area (Å²) in [4.78, 5) is 24.0. The molecular formula is C11H18N2O3. The molecule has 16 heavy (non-hydrogen) atoms. The van der Waals surface area contributed by atoms with Crippen molar-refractivity contribution in [2.24, 2.45) is 5.73 Å². The number of carbonyl (C=O) groups excluding carboxylic acids is 1. The molecule has 0 spiro atoms. The summed E-state index contributed by atoms with van der Waals surface area (Å²) in [6.07, 6.45) is 3.90. The normalized spacial score (nSPS) is 16.6. The summed E-state index contributed by atoms with van der Waals surface area (Å²) in [5.41, 5.74) is 5.69. The number of carboxylic acid groups (broad SMARTS) is 1. The van der Waals surface area contributed by atoms with E-state index in [1.54, 1.807) is 11.0 Å². The van der Waals surface area contributed by atoms with Crippen LogP contribution in [0.25, 0.3) is 0 Å². The maximum absolute atomic E-state index is 11.9. The Morgan fingerprint density at radius 2 is 2.19 bits per heavy atom.